The molecule has 1 aromatic heterocycles. The van der Waals surface area contributed by atoms with Gasteiger partial charge in [-0.25, -0.2) is 0 Å². The molecule has 0 amide bonds. The summed E-state index contributed by atoms with van der Waals surface area (Å²) in [5.41, 5.74) is 15.2. The van der Waals surface area contributed by atoms with Crippen molar-refractivity contribution >= 4 is 45.2 Å². The van der Waals surface area contributed by atoms with Gasteiger partial charge in [0.2, 0.25) is 0 Å². The molecule has 8 aromatic carbocycles. The normalized spacial score (nSPS) is 11.1. The molecule has 0 unspecified atom stereocenters. The highest BCUT2D eigenvalue weighted by atomic mass is 15.3. The van der Waals surface area contributed by atoms with Crippen LogP contribution in [0.5, 0.6) is 0 Å². The minimum atomic E-state index is 1.12. The maximum atomic E-state index is 2.42. The topological polar surface area (TPSA) is 11.4 Å². The van der Waals surface area contributed by atoms with Crippen molar-refractivity contribution in [2.45, 2.75) is 13.8 Å². The van der Waals surface area contributed by atoms with Crippen LogP contribution in [-0.2, 0) is 0 Å². The lowest BCUT2D eigenvalue weighted by atomic mass is 9.98. The average Bonchev–Trinajstić information content (AvgIpc) is 3.54. The third-order valence-electron chi connectivity index (χ3n) is 10.5. The van der Waals surface area contributed by atoms with Crippen LogP contribution >= 0.6 is 0 Å². The fourth-order valence-corrected chi connectivity index (χ4v) is 7.79. The van der Waals surface area contributed by atoms with E-state index in [1.165, 1.54) is 44.3 Å². The molecule has 0 aliphatic carbocycles. The van der Waals surface area contributed by atoms with Gasteiger partial charge < -0.3 is 4.90 Å². The van der Waals surface area contributed by atoms with Gasteiger partial charge in [0.1, 0.15) is 5.82 Å². The molecule has 0 aliphatic rings. The number of hydrogen-bond acceptors (Lipinski definition) is 2. The van der Waals surface area contributed by atoms with Crippen molar-refractivity contribution in [1.82, 2.24) is 4.57 Å². The fourth-order valence-electron chi connectivity index (χ4n) is 7.79. The van der Waals surface area contributed by atoms with Gasteiger partial charge in [0, 0.05) is 39.4 Å². The highest BCUT2D eigenvalue weighted by Crippen LogP contribution is 2.44. The van der Waals surface area contributed by atoms with Crippen LogP contribution in [0.4, 0.5) is 34.3 Å². The molecule has 9 rings (SSSR count). The quantitative estimate of drug-likeness (QED) is 0.148. The maximum absolute atomic E-state index is 2.42. The van der Waals surface area contributed by atoms with E-state index in [1.807, 2.05) is 0 Å². The van der Waals surface area contributed by atoms with Gasteiger partial charge in [-0.2, -0.15) is 0 Å². The molecule has 55 heavy (non-hydrogen) atoms. The molecule has 0 saturated carbocycles. The predicted octanol–water partition coefficient (Wildman–Crippen LogP) is 14.5. The van der Waals surface area contributed by atoms with Crippen LogP contribution < -0.4 is 9.80 Å². The van der Waals surface area contributed by atoms with Crippen molar-refractivity contribution in [2.24, 2.45) is 0 Å². The second-order valence-corrected chi connectivity index (χ2v) is 13.9. The summed E-state index contributed by atoms with van der Waals surface area (Å²) < 4.78 is 2.40. The third kappa shape index (κ3) is 6.47. The van der Waals surface area contributed by atoms with Crippen LogP contribution in [0.25, 0.3) is 38.8 Å². The molecular formula is C52H41N3. The Morgan fingerprint density at radius 1 is 0.364 bits per heavy atom. The van der Waals surface area contributed by atoms with E-state index in [4.69, 9.17) is 0 Å². The Labute approximate surface area is 323 Å². The van der Waals surface area contributed by atoms with Gasteiger partial charge in [-0.15, -0.1) is 0 Å². The zero-order valence-electron chi connectivity index (χ0n) is 31.0. The Kier molecular flexibility index (Phi) is 9.03. The van der Waals surface area contributed by atoms with Crippen LogP contribution in [0.3, 0.4) is 0 Å². The summed E-state index contributed by atoms with van der Waals surface area (Å²) in [6, 6.07) is 75.9. The number of nitrogens with zero attached hydrogens (tertiary/aromatic N) is 3. The van der Waals surface area contributed by atoms with Crippen LogP contribution in [0.15, 0.2) is 212 Å². The summed E-state index contributed by atoms with van der Waals surface area (Å²) in [7, 11) is 0. The Morgan fingerprint density at radius 3 is 1.33 bits per heavy atom. The molecule has 0 atom stereocenters. The molecule has 1 heterocycles. The van der Waals surface area contributed by atoms with Gasteiger partial charge in [-0.1, -0.05) is 133 Å². The SMILES string of the molecule is Cc1cc(-c2ccc(-c3ccc(N(c4ccccc4)c4ccccc4)cc3)cc2)ccc1N(c1ccccc1)c1c(C)c2ccccc2n1-c1ccccc1. The molecule has 0 aliphatic heterocycles. The van der Waals surface area contributed by atoms with Crippen LogP contribution in [0.2, 0.25) is 0 Å². The number of aromatic nitrogens is 1. The minimum absolute atomic E-state index is 1.12. The minimum Gasteiger partial charge on any atom is -0.311 e. The van der Waals surface area contributed by atoms with Crippen molar-refractivity contribution in [3.8, 4) is 27.9 Å². The number of anilines is 6. The predicted molar refractivity (Wildman–Crippen MR) is 233 cm³/mol. The van der Waals surface area contributed by atoms with Crippen molar-refractivity contribution in [3.05, 3.63) is 223 Å². The lowest BCUT2D eigenvalue weighted by molar-refractivity contribution is 1.06. The molecular weight excluding hydrogens is 667 g/mol. The molecule has 264 valence electrons. The van der Waals surface area contributed by atoms with Crippen LogP contribution in [-0.4, -0.2) is 4.57 Å². The third-order valence-corrected chi connectivity index (χ3v) is 10.5. The lowest BCUT2D eigenvalue weighted by Gasteiger charge is -2.29. The number of benzene rings is 8. The number of para-hydroxylation sites is 5. The van der Waals surface area contributed by atoms with Crippen LogP contribution in [0.1, 0.15) is 11.1 Å². The second-order valence-electron chi connectivity index (χ2n) is 13.9. The van der Waals surface area contributed by atoms with E-state index >= 15 is 0 Å². The van der Waals surface area contributed by atoms with Crippen molar-refractivity contribution in [2.75, 3.05) is 9.80 Å². The summed E-state index contributed by atoms with van der Waals surface area (Å²) >= 11 is 0. The Bertz CT molecular complexity index is 2640. The van der Waals surface area contributed by atoms with E-state index in [9.17, 15) is 0 Å². The van der Waals surface area contributed by atoms with E-state index in [0.29, 0.717) is 0 Å². The number of aryl methyl sites for hydroxylation is 2. The smallest absolute Gasteiger partial charge is 0.126 e. The van der Waals surface area contributed by atoms with E-state index in [-0.39, 0.29) is 0 Å². The van der Waals surface area contributed by atoms with E-state index < -0.39 is 0 Å². The molecule has 0 fully saturated rings. The zero-order chi connectivity index (χ0) is 37.1. The molecule has 0 radical (unpaired) electrons. The molecule has 3 nitrogen and oxygen atoms in total. The average molecular weight is 708 g/mol. The zero-order valence-corrected chi connectivity index (χ0v) is 31.0. The summed E-state index contributed by atoms with van der Waals surface area (Å²) in [5, 5.41) is 1.25. The molecule has 0 saturated heterocycles. The monoisotopic (exact) mass is 707 g/mol. The first-order valence-electron chi connectivity index (χ1n) is 18.9. The van der Waals surface area contributed by atoms with Gasteiger partial charge in [0.25, 0.3) is 0 Å². The molecule has 0 spiro atoms. The Morgan fingerprint density at radius 2 is 0.782 bits per heavy atom. The Balaban J connectivity index is 1.05. The molecule has 0 N–H and O–H groups in total. The van der Waals surface area contributed by atoms with E-state index in [1.54, 1.807) is 0 Å². The standard InChI is InChI=1S/C52H41N3/c1-38-37-43(42-29-27-40(28-30-42)41-31-34-48(35-32-41)53(44-17-7-3-8-18-44)45-19-9-4-10-20-45)33-36-50(38)54(46-21-11-5-12-22-46)52-39(2)49-25-15-16-26-51(49)55(52)47-23-13-6-14-24-47/h3-37H,1-2H3. The van der Waals surface area contributed by atoms with Gasteiger partial charge >= 0.3 is 0 Å². The number of hydrogen-bond donors (Lipinski definition) is 0. The van der Waals surface area contributed by atoms with Crippen molar-refractivity contribution in [1.29, 1.82) is 0 Å². The first-order valence-corrected chi connectivity index (χ1v) is 18.9. The van der Waals surface area contributed by atoms with Gasteiger partial charge in [0.15, 0.2) is 0 Å². The molecule has 0 bridgehead atoms. The number of fused-ring (bicyclic) bond motifs is 1. The Hall–Kier alpha value is -7.10. The first kappa shape index (κ1) is 33.7. The van der Waals surface area contributed by atoms with E-state index in [2.05, 4.69) is 241 Å². The van der Waals surface area contributed by atoms with Crippen LogP contribution in [0, 0.1) is 13.8 Å². The molecule has 3 heteroatoms. The van der Waals surface area contributed by atoms with E-state index in [0.717, 1.165) is 39.9 Å². The maximum Gasteiger partial charge on any atom is 0.126 e. The van der Waals surface area contributed by atoms with Gasteiger partial charge in [-0.05, 0) is 121 Å². The largest absolute Gasteiger partial charge is 0.311 e. The van der Waals surface area contributed by atoms with Crippen molar-refractivity contribution in [3.63, 3.8) is 0 Å². The van der Waals surface area contributed by atoms with Gasteiger partial charge in [0.05, 0.1) is 11.2 Å². The molecule has 9 aromatic rings. The van der Waals surface area contributed by atoms with Gasteiger partial charge in [-0.3, -0.25) is 9.47 Å². The highest BCUT2D eigenvalue weighted by Gasteiger charge is 2.24. The second kappa shape index (κ2) is 14.7. The summed E-state index contributed by atoms with van der Waals surface area (Å²) in [5.74, 6) is 1.14. The summed E-state index contributed by atoms with van der Waals surface area (Å²) in [6.07, 6.45) is 0. The summed E-state index contributed by atoms with van der Waals surface area (Å²) in [4.78, 5) is 4.71. The lowest BCUT2D eigenvalue weighted by Crippen LogP contribution is -2.16. The fraction of sp³-hybridized carbons (Fsp3) is 0.0385. The van der Waals surface area contributed by atoms with Crippen molar-refractivity contribution < 1.29 is 0 Å². The summed E-state index contributed by atoms with van der Waals surface area (Å²) in [6.45, 7) is 4.47. The highest BCUT2D eigenvalue weighted by molar-refractivity contribution is 5.96. The first-order chi connectivity index (χ1) is 27.1. The number of rotatable bonds is 9.